The van der Waals surface area contributed by atoms with Gasteiger partial charge in [-0.1, -0.05) is 48.5 Å². The fourth-order valence-electron chi connectivity index (χ4n) is 3.11. The molecule has 4 heteroatoms. The quantitative estimate of drug-likeness (QED) is 0.797. The summed E-state index contributed by atoms with van der Waals surface area (Å²) in [7, 11) is 0. The number of benzene rings is 2. The standard InChI is InChI=1S/C18H16ClNO2/c1-12(13-7-3-2-4-8-13)20-16(11-17(19)21)14-9-5-6-10-15(14)18(20)22/h2-10,12,16H,11H2,1H3/t12-,16-/m0/s1. The predicted octanol–water partition coefficient (Wildman–Crippen LogP) is 4.10. The highest BCUT2D eigenvalue weighted by Gasteiger charge is 2.40. The normalized spacial score (nSPS) is 18.2. The van der Waals surface area contributed by atoms with E-state index in [0.29, 0.717) is 5.56 Å². The smallest absolute Gasteiger partial charge is 0.255 e. The van der Waals surface area contributed by atoms with Gasteiger partial charge in [-0.2, -0.15) is 0 Å². The van der Waals surface area contributed by atoms with Crippen molar-refractivity contribution in [2.24, 2.45) is 0 Å². The minimum Gasteiger partial charge on any atom is -0.324 e. The second-order valence-corrected chi connectivity index (χ2v) is 5.88. The molecule has 0 N–H and O–H groups in total. The molecular weight excluding hydrogens is 298 g/mol. The molecule has 22 heavy (non-hydrogen) atoms. The molecule has 2 aromatic rings. The summed E-state index contributed by atoms with van der Waals surface area (Å²) in [5.41, 5.74) is 2.58. The molecule has 2 atom stereocenters. The molecule has 0 aliphatic carbocycles. The molecule has 1 aliphatic rings. The number of carbonyl (C=O) groups excluding carboxylic acids is 2. The van der Waals surface area contributed by atoms with Gasteiger partial charge in [0.2, 0.25) is 5.24 Å². The largest absolute Gasteiger partial charge is 0.324 e. The van der Waals surface area contributed by atoms with Crippen LogP contribution in [0, 0.1) is 0 Å². The Morgan fingerprint density at radius 2 is 1.77 bits per heavy atom. The van der Waals surface area contributed by atoms with Gasteiger partial charge in [0.15, 0.2) is 0 Å². The van der Waals surface area contributed by atoms with Crippen molar-refractivity contribution in [1.29, 1.82) is 0 Å². The van der Waals surface area contributed by atoms with Gasteiger partial charge in [0.05, 0.1) is 12.1 Å². The molecule has 112 valence electrons. The summed E-state index contributed by atoms with van der Waals surface area (Å²) in [5, 5.41) is -0.431. The van der Waals surface area contributed by atoms with Crippen LogP contribution in [0.1, 0.15) is 46.9 Å². The van der Waals surface area contributed by atoms with Gasteiger partial charge in [-0.05, 0) is 35.7 Å². The minimum atomic E-state index is -0.431. The summed E-state index contributed by atoms with van der Waals surface area (Å²) in [6.45, 7) is 1.98. The first kappa shape index (κ1) is 14.8. The summed E-state index contributed by atoms with van der Waals surface area (Å²) in [6.07, 6.45) is 0.126. The zero-order valence-electron chi connectivity index (χ0n) is 12.2. The van der Waals surface area contributed by atoms with Gasteiger partial charge in [0.1, 0.15) is 0 Å². The summed E-state index contributed by atoms with van der Waals surface area (Å²) in [4.78, 5) is 26.0. The Morgan fingerprint density at radius 1 is 1.14 bits per heavy atom. The number of fused-ring (bicyclic) bond motifs is 1. The number of halogens is 1. The minimum absolute atomic E-state index is 0.0464. The first-order chi connectivity index (χ1) is 10.6. The van der Waals surface area contributed by atoms with E-state index in [1.807, 2.05) is 55.5 Å². The highest BCUT2D eigenvalue weighted by Crippen LogP contribution is 2.41. The topological polar surface area (TPSA) is 37.4 Å². The van der Waals surface area contributed by atoms with Gasteiger partial charge >= 0.3 is 0 Å². The highest BCUT2D eigenvalue weighted by molar-refractivity contribution is 6.63. The summed E-state index contributed by atoms with van der Waals surface area (Å²) in [5.74, 6) is -0.0464. The lowest BCUT2D eigenvalue weighted by atomic mass is 10.0. The molecule has 0 radical (unpaired) electrons. The molecule has 0 spiro atoms. The van der Waals surface area contributed by atoms with Crippen molar-refractivity contribution in [2.45, 2.75) is 25.4 Å². The molecule has 2 aromatic carbocycles. The Labute approximate surface area is 134 Å². The predicted molar refractivity (Wildman–Crippen MR) is 85.7 cm³/mol. The third kappa shape index (κ3) is 2.53. The molecule has 3 nitrogen and oxygen atoms in total. The van der Waals surface area contributed by atoms with Gasteiger partial charge in [0, 0.05) is 12.0 Å². The van der Waals surface area contributed by atoms with Crippen LogP contribution in [0.3, 0.4) is 0 Å². The fraction of sp³-hybridized carbons (Fsp3) is 0.222. The monoisotopic (exact) mass is 313 g/mol. The molecule has 1 aliphatic heterocycles. The maximum Gasteiger partial charge on any atom is 0.255 e. The molecule has 3 rings (SSSR count). The van der Waals surface area contributed by atoms with Crippen molar-refractivity contribution >= 4 is 22.8 Å². The second kappa shape index (κ2) is 5.93. The number of carbonyl (C=O) groups is 2. The lowest BCUT2D eigenvalue weighted by Crippen LogP contribution is -2.31. The van der Waals surface area contributed by atoms with Gasteiger partial charge in [-0.3, -0.25) is 9.59 Å². The summed E-state index contributed by atoms with van der Waals surface area (Å²) >= 11 is 5.61. The number of rotatable bonds is 4. The molecule has 0 saturated carbocycles. The van der Waals surface area contributed by atoms with Crippen molar-refractivity contribution in [3.63, 3.8) is 0 Å². The molecule has 0 aromatic heterocycles. The lowest BCUT2D eigenvalue weighted by Gasteiger charge is -2.31. The maximum absolute atomic E-state index is 12.8. The Balaban J connectivity index is 2.02. The zero-order valence-corrected chi connectivity index (χ0v) is 13.0. The van der Waals surface area contributed by atoms with E-state index in [2.05, 4.69) is 0 Å². The van der Waals surface area contributed by atoms with Gasteiger partial charge < -0.3 is 4.90 Å². The van der Waals surface area contributed by atoms with Crippen molar-refractivity contribution in [1.82, 2.24) is 4.90 Å². The van der Waals surface area contributed by atoms with Crippen LogP contribution >= 0.6 is 11.6 Å². The third-order valence-corrected chi connectivity index (χ3v) is 4.33. The van der Waals surface area contributed by atoms with E-state index in [4.69, 9.17) is 11.6 Å². The molecule has 0 fully saturated rings. The van der Waals surface area contributed by atoms with Crippen LogP contribution in [0.25, 0.3) is 0 Å². The Kier molecular flexibility index (Phi) is 3.99. The summed E-state index contributed by atoms with van der Waals surface area (Å²) < 4.78 is 0. The van der Waals surface area contributed by atoms with Crippen LogP contribution in [-0.4, -0.2) is 16.0 Å². The van der Waals surface area contributed by atoms with E-state index >= 15 is 0 Å². The first-order valence-corrected chi connectivity index (χ1v) is 7.62. The van der Waals surface area contributed by atoms with Gasteiger partial charge in [0.25, 0.3) is 5.91 Å². The zero-order chi connectivity index (χ0) is 15.7. The van der Waals surface area contributed by atoms with Crippen molar-refractivity contribution < 1.29 is 9.59 Å². The molecule has 0 unspecified atom stereocenters. The van der Waals surface area contributed by atoms with E-state index in [0.717, 1.165) is 11.1 Å². The Morgan fingerprint density at radius 3 is 2.45 bits per heavy atom. The van der Waals surface area contributed by atoms with Crippen molar-refractivity contribution in [2.75, 3.05) is 0 Å². The van der Waals surface area contributed by atoms with Crippen molar-refractivity contribution in [3.8, 4) is 0 Å². The summed E-state index contributed by atoms with van der Waals surface area (Å²) in [6, 6.07) is 16.8. The van der Waals surface area contributed by atoms with Gasteiger partial charge in [-0.25, -0.2) is 0 Å². The lowest BCUT2D eigenvalue weighted by molar-refractivity contribution is -0.112. The van der Waals surface area contributed by atoms with Gasteiger partial charge in [-0.15, -0.1) is 0 Å². The average molecular weight is 314 g/mol. The number of hydrogen-bond donors (Lipinski definition) is 0. The molecule has 0 saturated heterocycles. The first-order valence-electron chi connectivity index (χ1n) is 7.24. The molecule has 0 bridgehead atoms. The Hall–Kier alpha value is -2.13. The average Bonchev–Trinajstić information content (AvgIpc) is 2.80. The van der Waals surface area contributed by atoms with Crippen LogP contribution in [0.5, 0.6) is 0 Å². The van der Waals surface area contributed by atoms with E-state index in [1.165, 1.54) is 0 Å². The second-order valence-electron chi connectivity index (χ2n) is 5.46. The van der Waals surface area contributed by atoms with Crippen molar-refractivity contribution in [3.05, 3.63) is 71.3 Å². The van der Waals surface area contributed by atoms with E-state index in [1.54, 1.807) is 11.0 Å². The number of hydrogen-bond acceptors (Lipinski definition) is 2. The van der Waals surface area contributed by atoms with Crippen LogP contribution in [0.2, 0.25) is 0 Å². The van der Waals surface area contributed by atoms with E-state index < -0.39 is 5.24 Å². The SMILES string of the molecule is C[C@@H](c1ccccc1)N1C(=O)c2ccccc2[C@@H]1CC(=O)Cl. The van der Waals surface area contributed by atoms with Crippen LogP contribution < -0.4 is 0 Å². The molecule has 1 amide bonds. The van der Waals surface area contributed by atoms with E-state index in [9.17, 15) is 9.59 Å². The number of nitrogens with zero attached hydrogens (tertiary/aromatic N) is 1. The Bertz CT molecular complexity index is 714. The van der Waals surface area contributed by atoms with Crippen LogP contribution in [0.4, 0.5) is 0 Å². The number of amides is 1. The van der Waals surface area contributed by atoms with Crippen LogP contribution in [-0.2, 0) is 4.79 Å². The molecular formula is C18H16ClNO2. The van der Waals surface area contributed by atoms with Crippen LogP contribution in [0.15, 0.2) is 54.6 Å². The highest BCUT2D eigenvalue weighted by atomic mass is 35.5. The van der Waals surface area contributed by atoms with E-state index in [-0.39, 0.29) is 24.4 Å². The third-order valence-electron chi connectivity index (χ3n) is 4.17. The fourth-order valence-corrected chi connectivity index (χ4v) is 3.26. The molecule has 1 heterocycles. The maximum atomic E-state index is 12.8.